The minimum Gasteiger partial charge on any atom is -0.273 e. The molecule has 0 aliphatic heterocycles. The molecule has 1 N–H and O–H groups in total. The molecule has 0 saturated heterocycles. The third-order valence-corrected chi connectivity index (χ3v) is 7.69. The van der Waals surface area contributed by atoms with Gasteiger partial charge in [-0.15, -0.1) is 0 Å². The van der Waals surface area contributed by atoms with E-state index in [9.17, 15) is 14.9 Å². The van der Waals surface area contributed by atoms with Gasteiger partial charge in [0.2, 0.25) is 5.91 Å². The smallest absolute Gasteiger partial charge is 0.269 e. The second kappa shape index (κ2) is 7.29. The Morgan fingerprint density at radius 2 is 1.71 bits per heavy atom. The second-order valence-electron chi connectivity index (χ2n) is 9.94. The van der Waals surface area contributed by atoms with E-state index in [2.05, 4.69) is 41.7 Å². The number of nitrogens with one attached hydrogen (secondary N) is 1. The van der Waals surface area contributed by atoms with Crippen molar-refractivity contribution in [2.45, 2.75) is 50.9 Å². The van der Waals surface area contributed by atoms with Crippen molar-refractivity contribution < 1.29 is 9.72 Å². The van der Waals surface area contributed by atoms with Crippen LogP contribution in [0.4, 0.5) is 5.69 Å². The summed E-state index contributed by atoms with van der Waals surface area (Å²) in [6.07, 6.45) is 7.98. The standard InChI is InChI=1S/C25H27N3O3/c1-17-2-6-21(7-3-17)24-11-19-10-20(12-24)14-25(13-19,16-24)23(29)27-26-15-18-4-8-22(9-5-18)28(30)31/h2-9,15,19-20H,10-14,16H2,1H3,(H,27,29)/b26-15+. The summed E-state index contributed by atoms with van der Waals surface area (Å²) < 4.78 is 0. The van der Waals surface area contributed by atoms with Gasteiger partial charge in [-0.3, -0.25) is 14.9 Å². The number of amides is 1. The van der Waals surface area contributed by atoms with Crippen LogP contribution in [0.1, 0.15) is 55.2 Å². The van der Waals surface area contributed by atoms with Crippen molar-refractivity contribution in [3.05, 3.63) is 75.3 Å². The summed E-state index contributed by atoms with van der Waals surface area (Å²) in [4.78, 5) is 23.7. The molecule has 6 nitrogen and oxygen atoms in total. The molecule has 4 bridgehead atoms. The van der Waals surface area contributed by atoms with Crippen LogP contribution in [0.2, 0.25) is 0 Å². The fraction of sp³-hybridized carbons (Fsp3) is 0.440. The summed E-state index contributed by atoms with van der Waals surface area (Å²) in [7, 11) is 0. The summed E-state index contributed by atoms with van der Waals surface area (Å²) in [5.41, 5.74) is 5.97. The highest BCUT2D eigenvalue weighted by molar-refractivity contribution is 5.86. The predicted molar refractivity (Wildman–Crippen MR) is 119 cm³/mol. The number of non-ortho nitro benzene ring substituents is 1. The molecular weight excluding hydrogens is 390 g/mol. The van der Waals surface area contributed by atoms with E-state index in [1.54, 1.807) is 18.3 Å². The molecule has 0 radical (unpaired) electrons. The average molecular weight is 418 g/mol. The number of carbonyl (C=O) groups excluding carboxylic acids is 1. The first-order chi connectivity index (χ1) is 14.9. The predicted octanol–water partition coefficient (Wildman–Crippen LogP) is 4.89. The Morgan fingerprint density at radius 3 is 2.32 bits per heavy atom. The molecule has 2 aromatic rings. The minimum absolute atomic E-state index is 0.0243. The second-order valence-corrected chi connectivity index (χ2v) is 9.94. The lowest BCUT2D eigenvalue weighted by Crippen LogP contribution is -2.58. The van der Waals surface area contributed by atoms with Crippen LogP contribution in [-0.2, 0) is 10.2 Å². The van der Waals surface area contributed by atoms with E-state index in [0.29, 0.717) is 17.4 Å². The first-order valence-corrected chi connectivity index (χ1v) is 11.0. The largest absolute Gasteiger partial charge is 0.273 e. The van der Waals surface area contributed by atoms with Crippen LogP contribution in [0, 0.1) is 34.3 Å². The Bertz CT molecular complexity index is 1030. The van der Waals surface area contributed by atoms with Crippen LogP contribution < -0.4 is 5.43 Å². The molecule has 31 heavy (non-hydrogen) atoms. The molecule has 0 spiro atoms. The fourth-order valence-corrected chi connectivity index (χ4v) is 6.74. The number of hydrogen-bond acceptors (Lipinski definition) is 4. The number of benzene rings is 2. The number of aryl methyl sites for hydroxylation is 1. The van der Waals surface area contributed by atoms with E-state index >= 15 is 0 Å². The normalized spacial score (nSPS) is 31.1. The van der Waals surface area contributed by atoms with Gasteiger partial charge in [0.15, 0.2) is 0 Å². The Balaban J connectivity index is 1.34. The molecule has 4 fully saturated rings. The highest BCUT2D eigenvalue weighted by Crippen LogP contribution is 2.65. The van der Waals surface area contributed by atoms with E-state index in [0.717, 1.165) is 19.3 Å². The van der Waals surface area contributed by atoms with Crippen molar-refractivity contribution in [2.24, 2.45) is 22.4 Å². The molecule has 2 aromatic carbocycles. The van der Waals surface area contributed by atoms with Gasteiger partial charge in [0, 0.05) is 12.1 Å². The Kier molecular flexibility index (Phi) is 4.68. The van der Waals surface area contributed by atoms with Crippen molar-refractivity contribution in [1.82, 2.24) is 5.43 Å². The summed E-state index contributed by atoms with van der Waals surface area (Å²) in [6.45, 7) is 2.11. The molecule has 2 atom stereocenters. The zero-order valence-electron chi connectivity index (χ0n) is 17.7. The van der Waals surface area contributed by atoms with Gasteiger partial charge in [-0.25, -0.2) is 5.43 Å². The lowest BCUT2D eigenvalue weighted by atomic mass is 9.42. The van der Waals surface area contributed by atoms with E-state index in [1.807, 2.05) is 0 Å². The first kappa shape index (κ1) is 19.9. The van der Waals surface area contributed by atoms with Gasteiger partial charge in [-0.1, -0.05) is 29.8 Å². The quantitative estimate of drug-likeness (QED) is 0.427. The van der Waals surface area contributed by atoms with Crippen molar-refractivity contribution >= 4 is 17.8 Å². The molecule has 4 aliphatic rings. The number of nitro benzene ring substituents is 1. The molecular formula is C25H27N3O3. The number of nitrogens with zero attached hydrogens (tertiary/aromatic N) is 2. The van der Waals surface area contributed by atoms with Crippen molar-refractivity contribution in [3.63, 3.8) is 0 Å². The number of carbonyl (C=O) groups is 1. The molecule has 1 amide bonds. The van der Waals surface area contributed by atoms with Gasteiger partial charge in [0.25, 0.3) is 5.69 Å². The van der Waals surface area contributed by atoms with Gasteiger partial charge in [-0.2, -0.15) is 5.10 Å². The average Bonchev–Trinajstić information content (AvgIpc) is 2.73. The first-order valence-electron chi connectivity index (χ1n) is 11.0. The summed E-state index contributed by atoms with van der Waals surface area (Å²) >= 11 is 0. The summed E-state index contributed by atoms with van der Waals surface area (Å²) in [5.74, 6) is 1.23. The minimum atomic E-state index is -0.431. The molecule has 0 aromatic heterocycles. The van der Waals surface area contributed by atoms with Gasteiger partial charge in [0.1, 0.15) is 0 Å². The van der Waals surface area contributed by atoms with Gasteiger partial charge < -0.3 is 0 Å². The third kappa shape index (κ3) is 3.54. The number of rotatable bonds is 5. The lowest BCUT2D eigenvalue weighted by molar-refractivity contribution is -0.384. The van der Waals surface area contributed by atoms with Crippen LogP contribution >= 0.6 is 0 Å². The number of hydrogen-bond donors (Lipinski definition) is 1. The molecule has 2 unspecified atom stereocenters. The number of hydrazone groups is 1. The molecule has 6 heteroatoms. The van der Waals surface area contributed by atoms with Crippen LogP contribution in [-0.4, -0.2) is 17.0 Å². The highest BCUT2D eigenvalue weighted by atomic mass is 16.6. The van der Waals surface area contributed by atoms with Crippen molar-refractivity contribution in [2.75, 3.05) is 0 Å². The van der Waals surface area contributed by atoms with Crippen LogP contribution in [0.15, 0.2) is 53.6 Å². The maximum Gasteiger partial charge on any atom is 0.269 e. The van der Waals surface area contributed by atoms with E-state index in [4.69, 9.17) is 0 Å². The molecule has 4 saturated carbocycles. The Morgan fingerprint density at radius 1 is 1.06 bits per heavy atom. The summed E-state index contributed by atoms with van der Waals surface area (Å²) in [6, 6.07) is 15.0. The van der Waals surface area contributed by atoms with Crippen LogP contribution in [0.3, 0.4) is 0 Å². The third-order valence-electron chi connectivity index (χ3n) is 7.69. The molecule has 6 rings (SSSR count). The van der Waals surface area contributed by atoms with Gasteiger partial charge >= 0.3 is 0 Å². The van der Waals surface area contributed by atoms with Gasteiger partial charge in [0.05, 0.1) is 16.6 Å². The maximum atomic E-state index is 13.3. The van der Waals surface area contributed by atoms with Crippen LogP contribution in [0.5, 0.6) is 0 Å². The lowest BCUT2D eigenvalue weighted by Gasteiger charge is -2.61. The highest BCUT2D eigenvalue weighted by Gasteiger charge is 2.60. The zero-order chi connectivity index (χ0) is 21.6. The Labute approximate surface area is 181 Å². The van der Waals surface area contributed by atoms with E-state index in [1.165, 1.54) is 42.5 Å². The topological polar surface area (TPSA) is 84.6 Å². The van der Waals surface area contributed by atoms with Crippen molar-refractivity contribution in [3.8, 4) is 0 Å². The van der Waals surface area contributed by atoms with Crippen LogP contribution in [0.25, 0.3) is 0 Å². The SMILES string of the molecule is Cc1ccc(C23CC4CC(CC(C(=O)N/N=C/c5ccc([N+](=O)[O-])cc5)(C4)C2)C3)cc1. The summed E-state index contributed by atoms with van der Waals surface area (Å²) in [5, 5.41) is 15.0. The van der Waals surface area contributed by atoms with Gasteiger partial charge in [-0.05, 0) is 86.0 Å². The molecule has 0 heterocycles. The van der Waals surface area contributed by atoms with Crippen molar-refractivity contribution in [1.29, 1.82) is 0 Å². The molecule has 160 valence electrons. The Hall–Kier alpha value is -3.02. The fourth-order valence-electron chi connectivity index (χ4n) is 6.74. The van der Waals surface area contributed by atoms with E-state index in [-0.39, 0.29) is 22.4 Å². The number of nitro groups is 1. The maximum absolute atomic E-state index is 13.3. The monoisotopic (exact) mass is 417 g/mol. The van der Waals surface area contributed by atoms with E-state index < -0.39 is 4.92 Å². The molecule has 4 aliphatic carbocycles. The zero-order valence-corrected chi connectivity index (χ0v) is 17.7.